The highest BCUT2D eigenvalue weighted by Crippen LogP contribution is 2.33. The van der Waals surface area contributed by atoms with Crippen molar-refractivity contribution in [1.29, 1.82) is 0 Å². The molecule has 0 heterocycles. The minimum Gasteiger partial charge on any atom is -0.494 e. The van der Waals surface area contributed by atoms with Gasteiger partial charge in [-0.3, -0.25) is 0 Å². The molecule has 1 atom stereocenters. The van der Waals surface area contributed by atoms with Gasteiger partial charge in [-0.1, -0.05) is 44.0 Å². The van der Waals surface area contributed by atoms with Gasteiger partial charge >= 0.3 is 0 Å². The number of nitrogens with one attached hydrogen (secondary N) is 1. The van der Waals surface area contributed by atoms with Crippen molar-refractivity contribution in [1.82, 2.24) is 5.32 Å². The van der Waals surface area contributed by atoms with E-state index in [4.69, 9.17) is 4.74 Å². The molecule has 4 heteroatoms. The van der Waals surface area contributed by atoms with Crippen molar-refractivity contribution >= 4 is 31.9 Å². The Morgan fingerprint density at radius 3 is 2.52 bits per heavy atom. The van der Waals surface area contributed by atoms with Gasteiger partial charge in [-0.25, -0.2) is 0 Å². The Morgan fingerprint density at radius 2 is 1.90 bits per heavy atom. The highest BCUT2D eigenvalue weighted by molar-refractivity contribution is 9.10. The molecule has 0 spiro atoms. The Labute approximate surface area is 143 Å². The summed E-state index contributed by atoms with van der Waals surface area (Å²) in [5, 5.41) is 3.39. The quantitative estimate of drug-likeness (QED) is 0.725. The maximum Gasteiger partial charge on any atom is 0.124 e. The second-order valence-electron chi connectivity index (χ2n) is 4.85. The maximum absolute atomic E-state index is 5.78. The fraction of sp³-hybridized carbons (Fsp3) is 0.294. The topological polar surface area (TPSA) is 21.3 Å². The molecule has 2 rings (SSSR count). The SMILES string of the molecule is CCOc1ccc(Br)cc1C(NC)c1ccc(Br)c(C)c1. The van der Waals surface area contributed by atoms with E-state index in [1.165, 1.54) is 11.1 Å². The molecular formula is C17H19Br2NO. The standard InChI is InChI=1S/C17H19Br2NO/c1-4-21-16-8-6-13(18)10-14(16)17(20-3)12-5-7-15(19)11(2)9-12/h5-10,17,20H,4H2,1-3H3. The van der Waals surface area contributed by atoms with Crippen molar-refractivity contribution in [3.63, 3.8) is 0 Å². The smallest absolute Gasteiger partial charge is 0.124 e. The largest absolute Gasteiger partial charge is 0.494 e. The first-order valence-corrected chi connectivity index (χ1v) is 8.51. The van der Waals surface area contributed by atoms with Gasteiger partial charge in [0.05, 0.1) is 12.6 Å². The van der Waals surface area contributed by atoms with Crippen LogP contribution in [0, 0.1) is 6.92 Å². The lowest BCUT2D eigenvalue weighted by Crippen LogP contribution is -2.19. The third-order valence-corrected chi connectivity index (χ3v) is 4.77. The van der Waals surface area contributed by atoms with Crippen LogP contribution in [0.15, 0.2) is 45.3 Å². The summed E-state index contributed by atoms with van der Waals surface area (Å²) in [5.41, 5.74) is 3.58. The summed E-state index contributed by atoms with van der Waals surface area (Å²) in [5.74, 6) is 0.917. The third-order valence-electron chi connectivity index (χ3n) is 3.39. The number of ether oxygens (including phenoxy) is 1. The fourth-order valence-corrected chi connectivity index (χ4v) is 3.01. The van der Waals surface area contributed by atoms with Gasteiger partial charge in [-0.15, -0.1) is 0 Å². The molecule has 0 saturated carbocycles. The normalized spacial score (nSPS) is 12.2. The van der Waals surface area contributed by atoms with Crippen molar-refractivity contribution in [3.05, 3.63) is 62.0 Å². The maximum atomic E-state index is 5.78. The molecule has 0 aliphatic heterocycles. The molecule has 0 amide bonds. The molecule has 1 unspecified atom stereocenters. The van der Waals surface area contributed by atoms with Gasteiger partial charge in [0, 0.05) is 14.5 Å². The Bertz CT molecular complexity index is 628. The highest BCUT2D eigenvalue weighted by Gasteiger charge is 2.17. The average Bonchev–Trinajstić information content (AvgIpc) is 2.46. The van der Waals surface area contributed by atoms with Crippen molar-refractivity contribution in [2.45, 2.75) is 19.9 Å². The first kappa shape index (κ1) is 16.5. The minimum absolute atomic E-state index is 0.0934. The lowest BCUT2D eigenvalue weighted by atomic mass is 9.96. The summed E-state index contributed by atoms with van der Waals surface area (Å²) in [6.07, 6.45) is 0. The first-order valence-electron chi connectivity index (χ1n) is 6.92. The molecule has 0 aliphatic carbocycles. The molecule has 0 bridgehead atoms. The second-order valence-corrected chi connectivity index (χ2v) is 6.62. The summed E-state index contributed by atoms with van der Waals surface area (Å²) in [6, 6.07) is 12.6. The van der Waals surface area contributed by atoms with Crippen LogP contribution < -0.4 is 10.1 Å². The zero-order chi connectivity index (χ0) is 15.4. The molecule has 0 radical (unpaired) electrons. The van der Waals surface area contributed by atoms with Crippen LogP contribution in [0.3, 0.4) is 0 Å². The van der Waals surface area contributed by atoms with Crippen LogP contribution in [0.25, 0.3) is 0 Å². The van der Waals surface area contributed by atoms with Gasteiger partial charge < -0.3 is 10.1 Å². The van der Waals surface area contributed by atoms with E-state index in [-0.39, 0.29) is 6.04 Å². The van der Waals surface area contributed by atoms with E-state index in [0.29, 0.717) is 6.61 Å². The minimum atomic E-state index is 0.0934. The number of benzene rings is 2. The summed E-state index contributed by atoms with van der Waals surface area (Å²) < 4.78 is 7.96. The number of hydrogen-bond donors (Lipinski definition) is 1. The van der Waals surface area contributed by atoms with Crippen LogP contribution in [-0.4, -0.2) is 13.7 Å². The third kappa shape index (κ3) is 3.87. The number of aryl methyl sites for hydroxylation is 1. The molecule has 0 saturated heterocycles. The van der Waals surface area contributed by atoms with Crippen molar-refractivity contribution in [2.24, 2.45) is 0 Å². The molecule has 2 aromatic carbocycles. The molecule has 0 aromatic heterocycles. The van der Waals surface area contributed by atoms with Crippen LogP contribution in [0.2, 0.25) is 0 Å². The summed E-state index contributed by atoms with van der Waals surface area (Å²) in [4.78, 5) is 0. The molecule has 0 fully saturated rings. The fourth-order valence-electron chi connectivity index (χ4n) is 2.38. The second kappa shape index (κ2) is 7.43. The van der Waals surface area contributed by atoms with Crippen LogP contribution in [0.5, 0.6) is 5.75 Å². The molecule has 1 N–H and O–H groups in total. The van der Waals surface area contributed by atoms with Crippen molar-refractivity contribution in [2.75, 3.05) is 13.7 Å². The monoisotopic (exact) mass is 411 g/mol. The molecular weight excluding hydrogens is 394 g/mol. The lowest BCUT2D eigenvalue weighted by Gasteiger charge is -2.21. The zero-order valence-electron chi connectivity index (χ0n) is 12.4. The van der Waals surface area contributed by atoms with E-state index in [1.54, 1.807) is 0 Å². The first-order chi connectivity index (χ1) is 10.1. The highest BCUT2D eigenvalue weighted by atomic mass is 79.9. The van der Waals surface area contributed by atoms with Crippen LogP contribution in [-0.2, 0) is 0 Å². The predicted octanol–water partition coefficient (Wildman–Crippen LogP) is 5.23. The Hall–Kier alpha value is -0.840. The van der Waals surface area contributed by atoms with E-state index in [0.717, 1.165) is 20.3 Å². The number of halogens is 2. The van der Waals surface area contributed by atoms with Crippen molar-refractivity contribution < 1.29 is 4.74 Å². The average molecular weight is 413 g/mol. The van der Waals surface area contributed by atoms with Crippen molar-refractivity contribution in [3.8, 4) is 5.75 Å². The van der Waals surface area contributed by atoms with Gasteiger partial charge in [-0.2, -0.15) is 0 Å². The van der Waals surface area contributed by atoms with E-state index < -0.39 is 0 Å². The van der Waals surface area contributed by atoms with E-state index in [9.17, 15) is 0 Å². The van der Waals surface area contributed by atoms with E-state index in [1.807, 2.05) is 26.1 Å². The summed E-state index contributed by atoms with van der Waals surface area (Å²) in [7, 11) is 1.97. The Balaban J connectivity index is 2.49. The van der Waals surface area contributed by atoms with Gasteiger partial charge in [-0.05, 0) is 56.3 Å². The Morgan fingerprint density at radius 1 is 1.14 bits per heavy atom. The summed E-state index contributed by atoms with van der Waals surface area (Å²) in [6.45, 7) is 4.76. The molecule has 2 nitrogen and oxygen atoms in total. The van der Waals surface area contributed by atoms with Gasteiger partial charge in [0.15, 0.2) is 0 Å². The van der Waals surface area contributed by atoms with E-state index >= 15 is 0 Å². The lowest BCUT2D eigenvalue weighted by molar-refractivity contribution is 0.334. The predicted molar refractivity (Wildman–Crippen MR) is 95.1 cm³/mol. The van der Waals surface area contributed by atoms with E-state index in [2.05, 4.69) is 68.4 Å². The number of rotatable bonds is 5. The van der Waals surface area contributed by atoms with Gasteiger partial charge in [0.2, 0.25) is 0 Å². The van der Waals surface area contributed by atoms with Gasteiger partial charge in [0.25, 0.3) is 0 Å². The summed E-state index contributed by atoms with van der Waals surface area (Å²) >= 11 is 7.11. The molecule has 112 valence electrons. The Kier molecular flexibility index (Phi) is 5.85. The number of hydrogen-bond acceptors (Lipinski definition) is 2. The van der Waals surface area contributed by atoms with Crippen LogP contribution >= 0.6 is 31.9 Å². The van der Waals surface area contributed by atoms with Gasteiger partial charge in [0.1, 0.15) is 5.75 Å². The zero-order valence-corrected chi connectivity index (χ0v) is 15.6. The van der Waals surface area contributed by atoms with Crippen LogP contribution in [0.1, 0.15) is 29.7 Å². The molecule has 2 aromatic rings. The molecule has 0 aliphatic rings. The van der Waals surface area contributed by atoms with Crippen LogP contribution in [0.4, 0.5) is 0 Å². The molecule has 21 heavy (non-hydrogen) atoms.